The van der Waals surface area contributed by atoms with Crippen molar-refractivity contribution in [2.75, 3.05) is 39.3 Å². The van der Waals surface area contributed by atoms with Gasteiger partial charge < -0.3 is 10.6 Å². The summed E-state index contributed by atoms with van der Waals surface area (Å²) in [6.07, 6.45) is 1.39. The van der Waals surface area contributed by atoms with Crippen LogP contribution in [0.25, 0.3) is 0 Å². The molecule has 2 N–H and O–H groups in total. The summed E-state index contributed by atoms with van der Waals surface area (Å²) in [6, 6.07) is 0.836. The first-order chi connectivity index (χ1) is 6.36. The summed E-state index contributed by atoms with van der Waals surface area (Å²) in [7, 11) is 0. The number of hydrogen-bond donors (Lipinski definition) is 2. The first-order valence-corrected chi connectivity index (χ1v) is 5.53. The molecule has 0 radical (unpaired) electrons. The van der Waals surface area contributed by atoms with Crippen molar-refractivity contribution in [3.63, 3.8) is 0 Å². The number of piperazine rings is 1. The summed E-state index contributed by atoms with van der Waals surface area (Å²) in [4.78, 5) is 2.54. The first kappa shape index (κ1) is 9.44. The third-order valence-corrected chi connectivity index (χ3v) is 3.15. The Balaban J connectivity index is 1.51. The van der Waals surface area contributed by atoms with Gasteiger partial charge in [0, 0.05) is 45.3 Å². The van der Waals surface area contributed by atoms with E-state index in [4.69, 9.17) is 0 Å². The van der Waals surface area contributed by atoms with E-state index in [1.54, 1.807) is 0 Å². The molecule has 0 aromatic rings. The first-order valence-electron chi connectivity index (χ1n) is 5.53. The quantitative estimate of drug-likeness (QED) is 0.637. The van der Waals surface area contributed by atoms with E-state index in [0.717, 1.165) is 12.0 Å². The number of nitrogens with zero attached hydrogens (tertiary/aromatic N) is 1. The Labute approximate surface area is 80.9 Å². The molecule has 0 aromatic heterocycles. The van der Waals surface area contributed by atoms with Gasteiger partial charge in [0.15, 0.2) is 0 Å². The van der Waals surface area contributed by atoms with Crippen molar-refractivity contribution in [3.05, 3.63) is 0 Å². The van der Waals surface area contributed by atoms with Gasteiger partial charge in [0.05, 0.1) is 0 Å². The van der Waals surface area contributed by atoms with Crippen LogP contribution in [-0.4, -0.2) is 50.2 Å². The molecule has 76 valence electrons. The molecule has 3 heteroatoms. The van der Waals surface area contributed by atoms with E-state index >= 15 is 0 Å². The summed E-state index contributed by atoms with van der Waals surface area (Å²) < 4.78 is 0. The van der Waals surface area contributed by atoms with Crippen LogP contribution in [0.15, 0.2) is 0 Å². The number of hydrogen-bond acceptors (Lipinski definition) is 3. The molecule has 2 rings (SSSR count). The molecule has 2 unspecified atom stereocenters. The molecule has 0 aromatic carbocycles. The van der Waals surface area contributed by atoms with Crippen LogP contribution in [0.4, 0.5) is 0 Å². The van der Waals surface area contributed by atoms with Crippen LogP contribution in [0.3, 0.4) is 0 Å². The molecule has 2 atom stereocenters. The van der Waals surface area contributed by atoms with Gasteiger partial charge >= 0.3 is 0 Å². The molecule has 0 amide bonds. The second-order valence-electron chi connectivity index (χ2n) is 4.37. The average molecular weight is 183 g/mol. The van der Waals surface area contributed by atoms with E-state index in [-0.39, 0.29) is 0 Å². The van der Waals surface area contributed by atoms with Gasteiger partial charge in [-0.3, -0.25) is 4.90 Å². The van der Waals surface area contributed by atoms with E-state index in [1.165, 1.54) is 45.7 Å². The van der Waals surface area contributed by atoms with Gasteiger partial charge in [-0.05, 0) is 12.3 Å². The lowest BCUT2D eigenvalue weighted by molar-refractivity contribution is 0.240. The Bertz CT molecular complexity index is 154. The van der Waals surface area contributed by atoms with Crippen molar-refractivity contribution in [3.8, 4) is 0 Å². The minimum absolute atomic E-state index is 0.836. The van der Waals surface area contributed by atoms with E-state index in [0.29, 0.717) is 0 Å². The zero-order valence-corrected chi connectivity index (χ0v) is 8.55. The standard InChI is InChI=1S/C10H21N3/c1-9-8-10(9)12-4-7-13-5-2-11-3-6-13/h9-12H,2-8H2,1H3. The normalized spacial score (nSPS) is 34.8. The maximum atomic E-state index is 3.59. The van der Waals surface area contributed by atoms with Crippen LogP contribution in [-0.2, 0) is 0 Å². The Hall–Kier alpha value is -0.120. The summed E-state index contributed by atoms with van der Waals surface area (Å²) in [5, 5.41) is 6.96. The third kappa shape index (κ3) is 2.93. The van der Waals surface area contributed by atoms with Crippen molar-refractivity contribution >= 4 is 0 Å². The smallest absolute Gasteiger partial charge is 0.0108 e. The molecule has 0 spiro atoms. The average Bonchev–Trinajstić information content (AvgIpc) is 2.84. The molecule has 2 fully saturated rings. The molecule has 1 aliphatic carbocycles. The fourth-order valence-electron chi connectivity index (χ4n) is 1.95. The van der Waals surface area contributed by atoms with Crippen LogP contribution in [0, 0.1) is 5.92 Å². The highest BCUT2D eigenvalue weighted by Gasteiger charge is 2.31. The highest BCUT2D eigenvalue weighted by Crippen LogP contribution is 2.28. The van der Waals surface area contributed by atoms with Gasteiger partial charge in [0.1, 0.15) is 0 Å². The molecular formula is C10H21N3. The van der Waals surface area contributed by atoms with Gasteiger partial charge in [-0.2, -0.15) is 0 Å². The molecule has 1 saturated carbocycles. The van der Waals surface area contributed by atoms with Gasteiger partial charge in [0.2, 0.25) is 0 Å². The highest BCUT2D eigenvalue weighted by molar-refractivity contribution is 4.89. The SMILES string of the molecule is CC1CC1NCCN1CCNCC1. The molecule has 0 bridgehead atoms. The van der Waals surface area contributed by atoms with Crippen molar-refractivity contribution in [2.45, 2.75) is 19.4 Å². The number of nitrogens with one attached hydrogen (secondary N) is 2. The van der Waals surface area contributed by atoms with Gasteiger partial charge in [-0.25, -0.2) is 0 Å². The zero-order chi connectivity index (χ0) is 9.10. The Morgan fingerprint density at radius 1 is 1.38 bits per heavy atom. The lowest BCUT2D eigenvalue weighted by Crippen LogP contribution is -2.46. The van der Waals surface area contributed by atoms with E-state index < -0.39 is 0 Å². The maximum Gasteiger partial charge on any atom is 0.0108 e. The predicted octanol–water partition coefficient (Wildman–Crippen LogP) is -0.110. The highest BCUT2D eigenvalue weighted by atomic mass is 15.2. The largest absolute Gasteiger partial charge is 0.314 e. The summed E-state index contributed by atoms with van der Waals surface area (Å²) in [5.74, 6) is 0.933. The van der Waals surface area contributed by atoms with Crippen LogP contribution in [0.2, 0.25) is 0 Å². The fraction of sp³-hybridized carbons (Fsp3) is 1.00. The van der Waals surface area contributed by atoms with E-state index in [2.05, 4.69) is 22.5 Å². The maximum absolute atomic E-state index is 3.59. The predicted molar refractivity (Wildman–Crippen MR) is 54.9 cm³/mol. The zero-order valence-electron chi connectivity index (χ0n) is 8.55. The molecule has 2 aliphatic rings. The molecule has 1 aliphatic heterocycles. The van der Waals surface area contributed by atoms with Crippen LogP contribution >= 0.6 is 0 Å². The topological polar surface area (TPSA) is 27.3 Å². The van der Waals surface area contributed by atoms with E-state index in [9.17, 15) is 0 Å². The second kappa shape index (κ2) is 4.40. The molecule has 3 nitrogen and oxygen atoms in total. The summed E-state index contributed by atoms with van der Waals surface area (Å²) in [6.45, 7) is 9.51. The van der Waals surface area contributed by atoms with Crippen LogP contribution in [0.5, 0.6) is 0 Å². The summed E-state index contributed by atoms with van der Waals surface area (Å²) >= 11 is 0. The van der Waals surface area contributed by atoms with Crippen molar-refractivity contribution in [1.82, 2.24) is 15.5 Å². The molecule has 1 heterocycles. The number of rotatable bonds is 4. The van der Waals surface area contributed by atoms with Crippen molar-refractivity contribution in [2.24, 2.45) is 5.92 Å². The Morgan fingerprint density at radius 2 is 2.08 bits per heavy atom. The third-order valence-electron chi connectivity index (χ3n) is 3.15. The lowest BCUT2D eigenvalue weighted by atomic mass is 10.3. The Morgan fingerprint density at radius 3 is 2.69 bits per heavy atom. The van der Waals surface area contributed by atoms with Crippen molar-refractivity contribution in [1.29, 1.82) is 0 Å². The fourth-order valence-corrected chi connectivity index (χ4v) is 1.95. The lowest BCUT2D eigenvalue weighted by Gasteiger charge is -2.27. The minimum Gasteiger partial charge on any atom is -0.314 e. The monoisotopic (exact) mass is 183 g/mol. The van der Waals surface area contributed by atoms with Crippen LogP contribution in [0.1, 0.15) is 13.3 Å². The molecule has 13 heavy (non-hydrogen) atoms. The van der Waals surface area contributed by atoms with E-state index in [1.807, 2.05) is 0 Å². The van der Waals surface area contributed by atoms with Crippen LogP contribution < -0.4 is 10.6 Å². The van der Waals surface area contributed by atoms with Gasteiger partial charge in [-0.15, -0.1) is 0 Å². The van der Waals surface area contributed by atoms with Crippen molar-refractivity contribution < 1.29 is 0 Å². The van der Waals surface area contributed by atoms with Gasteiger partial charge in [0.25, 0.3) is 0 Å². The Kier molecular flexibility index (Phi) is 3.19. The molecule has 1 saturated heterocycles. The van der Waals surface area contributed by atoms with Gasteiger partial charge in [-0.1, -0.05) is 6.92 Å². The minimum atomic E-state index is 0.836. The summed E-state index contributed by atoms with van der Waals surface area (Å²) in [5.41, 5.74) is 0. The second-order valence-corrected chi connectivity index (χ2v) is 4.37. The molecular weight excluding hydrogens is 162 g/mol.